The van der Waals surface area contributed by atoms with E-state index in [1.807, 2.05) is 11.1 Å². The van der Waals surface area contributed by atoms with Crippen LogP contribution in [0.15, 0.2) is 30.5 Å². The highest BCUT2D eigenvalue weighted by Gasteiger charge is 2.28. The highest BCUT2D eigenvalue weighted by atomic mass is 35.5. The van der Waals surface area contributed by atoms with Crippen molar-refractivity contribution in [2.75, 3.05) is 26.2 Å². The van der Waals surface area contributed by atoms with Gasteiger partial charge in [-0.15, -0.1) is 12.4 Å². The smallest absolute Gasteiger partial charge is 0.289 e. The molecule has 2 aliphatic heterocycles. The standard InChI is InChI=1S/C22H30N4O.ClH/c1-16(2)9-12-25-13-14-26-20(15-24-21(26)22(25)27)19-5-3-17(4-6-19)18-7-10-23-11-8-18;/h3-6,15-16,18,23H,7-14H2,1-2H3;1H. The Morgan fingerprint density at radius 1 is 1.14 bits per heavy atom. The fraction of sp³-hybridized carbons (Fsp3) is 0.545. The minimum Gasteiger partial charge on any atom is -0.334 e. The summed E-state index contributed by atoms with van der Waals surface area (Å²) in [5.74, 6) is 1.92. The molecule has 0 aliphatic carbocycles. The Labute approximate surface area is 173 Å². The van der Waals surface area contributed by atoms with Crippen LogP contribution < -0.4 is 5.32 Å². The molecule has 6 heteroatoms. The van der Waals surface area contributed by atoms with Gasteiger partial charge in [0.25, 0.3) is 5.91 Å². The van der Waals surface area contributed by atoms with Gasteiger partial charge in [-0.1, -0.05) is 38.1 Å². The maximum atomic E-state index is 12.8. The van der Waals surface area contributed by atoms with E-state index < -0.39 is 0 Å². The molecule has 1 amide bonds. The second-order valence-electron chi connectivity index (χ2n) is 8.24. The second-order valence-corrected chi connectivity index (χ2v) is 8.24. The van der Waals surface area contributed by atoms with Gasteiger partial charge in [0.05, 0.1) is 11.9 Å². The lowest BCUT2D eigenvalue weighted by molar-refractivity contribution is 0.0690. The lowest BCUT2D eigenvalue weighted by atomic mass is 9.89. The Hall–Kier alpha value is -1.85. The van der Waals surface area contributed by atoms with Gasteiger partial charge in [-0.25, -0.2) is 4.98 Å². The number of hydrogen-bond acceptors (Lipinski definition) is 3. The van der Waals surface area contributed by atoms with Crippen molar-refractivity contribution in [3.63, 3.8) is 0 Å². The maximum absolute atomic E-state index is 12.8. The lowest BCUT2D eigenvalue weighted by Crippen LogP contribution is -2.41. The van der Waals surface area contributed by atoms with Gasteiger partial charge in [-0.05, 0) is 55.3 Å². The number of hydrogen-bond donors (Lipinski definition) is 1. The highest BCUT2D eigenvalue weighted by molar-refractivity contribution is 5.92. The van der Waals surface area contributed by atoms with E-state index in [2.05, 4.69) is 53.0 Å². The molecular formula is C22H31ClN4O. The first kappa shape index (κ1) is 20.9. The summed E-state index contributed by atoms with van der Waals surface area (Å²) in [6.45, 7) is 9.03. The van der Waals surface area contributed by atoms with Crippen LogP contribution in [0.25, 0.3) is 11.3 Å². The molecule has 1 aromatic heterocycles. The third-order valence-corrected chi connectivity index (χ3v) is 5.92. The maximum Gasteiger partial charge on any atom is 0.289 e. The van der Waals surface area contributed by atoms with Gasteiger partial charge < -0.3 is 14.8 Å². The number of nitrogens with zero attached hydrogens (tertiary/aromatic N) is 3. The van der Waals surface area contributed by atoms with Crippen LogP contribution in [0.1, 0.15) is 55.2 Å². The molecule has 1 N–H and O–H groups in total. The Kier molecular flexibility index (Phi) is 6.78. The number of piperidine rings is 1. The van der Waals surface area contributed by atoms with E-state index in [0.29, 0.717) is 17.7 Å². The van der Waals surface area contributed by atoms with E-state index >= 15 is 0 Å². The SMILES string of the molecule is CC(C)CCN1CCn2c(-c3ccc(C4CCNCC4)cc3)cnc2C1=O.Cl. The van der Waals surface area contributed by atoms with Crippen molar-refractivity contribution >= 4 is 18.3 Å². The first-order valence-electron chi connectivity index (χ1n) is 10.3. The minimum absolute atomic E-state index is 0. The van der Waals surface area contributed by atoms with E-state index in [-0.39, 0.29) is 18.3 Å². The second kappa shape index (κ2) is 9.10. The van der Waals surface area contributed by atoms with Crippen molar-refractivity contribution in [2.45, 2.75) is 45.6 Å². The summed E-state index contributed by atoms with van der Waals surface area (Å²) in [6, 6.07) is 8.89. The number of carbonyl (C=O) groups is 1. The van der Waals surface area contributed by atoms with Gasteiger partial charge in [0, 0.05) is 19.6 Å². The Balaban J connectivity index is 0.00000225. The number of nitrogens with one attached hydrogen (secondary N) is 1. The van der Waals surface area contributed by atoms with E-state index in [4.69, 9.17) is 0 Å². The zero-order valence-corrected chi connectivity index (χ0v) is 17.7. The van der Waals surface area contributed by atoms with Crippen molar-refractivity contribution < 1.29 is 4.79 Å². The molecule has 1 aromatic carbocycles. The van der Waals surface area contributed by atoms with Crippen LogP contribution in [0.3, 0.4) is 0 Å². The molecule has 0 bridgehead atoms. The molecule has 1 saturated heterocycles. The minimum atomic E-state index is 0. The van der Waals surface area contributed by atoms with E-state index in [1.165, 1.54) is 18.4 Å². The largest absolute Gasteiger partial charge is 0.334 e. The molecule has 28 heavy (non-hydrogen) atoms. The van der Waals surface area contributed by atoms with Crippen LogP contribution >= 0.6 is 12.4 Å². The fourth-order valence-corrected chi connectivity index (χ4v) is 4.18. The van der Waals surface area contributed by atoms with Crippen molar-refractivity contribution in [1.29, 1.82) is 0 Å². The molecule has 2 aliphatic rings. The van der Waals surface area contributed by atoms with Crippen LogP contribution in [-0.4, -0.2) is 46.5 Å². The zero-order valence-electron chi connectivity index (χ0n) is 16.9. The summed E-state index contributed by atoms with van der Waals surface area (Å²) in [4.78, 5) is 19.2. The Morgan fingerprint density at radius 3 is 2.54 bits per heavy atom. The first-order valence-corrected chi connectivity index (χ1v) is 10.3. The first-order chi connectivity index (χ1) is 13.1. The molecule has 152 valence electrons. The van der Waals surface area contributed by atoms with Gasteiger partial charge in [-0.2, -0.15) is 0 Å². The summed E-state index contributed by atoms with van der Waals surface area (Å²) in [6.07, 6.45) is 5.32. The Morgan fingerprint density at radius 2 is 1.86 bits per heavy atom. The third kappa shape index (κ3) is 4.26. The molecule has 3 heterocycles. The van der Waals surface area contributed by atoms with Gasteiger partial charge in [-0.3, -0.25) is 4.79 Å². The molecule has 4 rings (SSSR count). The number of benzene rings is 1. The van der Waals surface area contributed by atoms with Crippen molar-refractivity contribution in [2.24, 2.45) is 5.92 Å². The van der Waals surface area contributed by atoms with Crippen LogP contribution in [0.2, 0.25) is 0 Å². The predicted molar refractivity (Wildman–Crippen MR) is 115 cm³/mol. The summed E-state index contributed by atoms with van der Waals surface area (Å²) < 4.78 is 2.09. The summed E-state index contributed by atoms with van der Waals surface area (Å²) in [5, 5.41) is 3.43. The monoisotopic (exact) mass is 402 g/mol. The van der Waals surface area contributed by atoms with Gasteiger partial charge in [0.2, 0.25) is 0 Å². The van der Waals surface area contributed by atoms with Crippen molar-refractivity contribution in [3.8, 4) is 11.3 Å². The molecule has 0 unspecified atom stereocenters. The average Bonchev–Trinajstić information content (AvgIpc) is 3.13. The number of fused-ring (bicyclic) bond motifs is 1. The van der Waals surface area contributed by atoms with Crippen LogP contribution in [-0.2, 0) is 6.54 Å². The molecular weight excluding hydrogens is 372 g/mol. The van der Waals surface area contributed by atoms with E-state index in [1.54, 1.807) is 0 Å². The van der Waals surface area contributed by atoms with Crippen molar-refractivity contribution in [1.82, 2.24) is 19.8 Å². The van der Waals surface area contributed by atoms with Crippen LogP contribution in [0, 0.1) is 5.92 Å². The predicted octanol–water partition coefficient (Wildman–Crippen LogP) is 3.94. The van der Waals surface area contributed by atoms with Crippen molar-refractivity contribution in [3.05, 3.63) is 41.9 Å². The summed E-state index contributed by atoms with van der Waals surface area (Å²) >= 11 is 0. The molecule has 2 aromatic rings. The topological polar surface area (TPSA) is 50.2 Å². The van der Waals surface area contributed by atoms with Gasteiger partial charge in [0.15, 0.2) is 5.82 Å². The molecule has 0 saturated carbocycles. The molecule has 0 atom stereocenters. The highest BCUT2D eigenvalue weighted by Crippen LogP contribution is 2.29. The number of carbonyl (C=O) groups excluding carboxylic acids is 1. The molecule has 0 radical (unpaired) electrons. The molecule has 0 spiro atoms. The summed E-state index contributed by atoms with van der Waals surface area (Å²) in [7, 11) is 0. The third-order valence-electron chi connectivity index (χ3n) is 5.92. The van der Waals surface area contributed by atoms with Crippen LogP contribution in [0.5, 0.6) is 0 Å². The normalized spacial score (nSPS) is 17.5. The number of rotatable bonds is 5. The average molecular weight is 403 g/mol. The number of halogens is 1. The quantitative estimate of drug-likeness (QED) is 0.824. The molecule has 5 nitrogen and oxygen atoms in total. The van der Waals surface area contributed by atoms with Gasteiger partial charge >= 0.3 is 0 Å². The lowest BCUT2D eigenvalue weighted by Gasteiger charge is -2.29. The van der Waals surface area contributed by atoms with Crippen LogP contribution in [0.4, 0.5) is 0 Å². The van der Waals surface area contributed by atoms with E-state index in [0.717, 1.165) is 50.4 Å². The Bertz CT molecular complexity index is 793. The molecule has 1 fully saturated rings. The zero-order chi connectivity index (χ0) is 18.8. The number of aromatic nitrogens is 2. The summed E-state index contributed by atoms with van der Waals surface area (Å²) in [5.41, 5.74) is 3.63. The fourth-order valence-electron chi connectivity index (χ4n) is 4.18. The van der Waals surface area contributed by atoms with E-state index in [9.17, 15) is 4.79 Å². The number of amides is 1. The number of imidazole rings is 1. The van der Waals surface area contributed by atoms with Gasteiger partial charge in [0.1, 0.15) is 0 Å².